The maximum Gasteiger partial charge on any atom is 0.136 e. The average Bonchev–Trinajstić information content (AvgIpc) is 2.82. The van der Waals surface area contributed by atoms with Gasteiger partial charge < -0.3 is 9.83 Å². The minimum Gasteiger partial charge on any atom is -0.506 e. The first-order chi connectivity index (χ1) is 10.0. The van der Waals surface area contributed by atoms with Crippen LogP contribution >= 0.6 is 46.5 Å². The number of benzene rings is 1. The van der Waals surface area contributed by atoms with Gasteiger partial charge in [0.2, 0.25) is 0 Å². The van der Waals surface area contributed by atoms with E-state index in [1.165, 1.54) is 17.5 Å². The highest BCUT2D eigenvalue weighted by molar-refractivity contribution is 8.02. The van der Waals surface area contributed by atoms with Crippen LogP contribution in [0.5, 0.6) is 5.75 Å². The number of allylic oxidation sites excluding steroid dienone is 2. The van der Waals surface area contributed by atoms with Gasteiger partial charge in [0.1, 0.15) is 5.75 Å². The zero-order valence-corrected chi connectivity index (χ0v) is 14.8. The molecular formula is C15H15Cl2NOS2. The predicted octanol–water partition coefficient (Wildman–Crippen LogP) is 6.69. The Morgan fingerprint density at radius 3 is 2.76 bits per heavy atom. The third-order valence-corrected chi connectivity index (χ3v) is 5.70. The van der Waals surface area contributed by atoms with Crippen molar-refractivity contribution in [2.75, 3.05) is 4.72 Å². The van der Waals surface area contributed by atoms with Crippen LogP contribution < -0.4 is 4.72 Å². The lowest BCUT2D eigenvalue weighted by atomic mass is 10.2. The summed E-state index contributed by atoms with van der Waals surface area (Å²) in [6.45, 7) is 4.18. The third-order valence-electron chi connectivity index (χ3n) is 2.75. The molecule has 1 aromatic carbocycles. The normalized spacial score (nSPS) is 11.7. The van der Waals surface area contributed by atoms with Gasteiger partial charge in [-0.3, -0.25) is 0 Å². The Labute approximate surface area is 142 Å². The number of hydrogen-bond donors (Lipinski definition) is 2. The molecule has 0 unspecified atom stereocenters. The fourth-order valence-electron chi connectivity index (χ4n) is 1.75. The first-order valence-corrected chi connectivity index (χ1v) is 8.78. The summed E-state index contributed by atoms with van der Waals surface area (Å²) in [5.41, 5.74) is 1.98. The number of phenols is 1. The fourth-order valence-corrected chi connectivity index (χ4v) is 4.21. The van der Waals surface area contributed by atoms with Crippen molar-refractivity contribution in [2.45, 2.75) is 24.5 Å². The van der Waals surface area contributed by atoms with Gasteiger partial charge in [0, 0.05) is 16.6 Å². The first-order valence-electron chi connectivity index (χ1n) is 6.39. The van der Waals surface area contributed by atoms with Crippen molar-refractivity contribution in [1.82, 2.24) is 0 Å². The van der Waals surface area contributed by atoms with E-state index in [1.807, 2.05) is 12.1 Å². The van der Waals surface area contributed by atoms with Gasteiger partial charge in [0.25, 0.3) is 0 Å². The van der Waals surface area contributed by atoms with Crippen LogP contribution in [0.4, 0.5) is 5.69 Å². The Kier molecular flexibility index (Phi) is 5.88. The highest BCUT2D eigenvalue weighted by atomic mass is 35.5. The summed E-state index contributed by atoms with van der Waals surface area (Å²) in [6, 6.07) is 7.00. The number of nitrogens with one attached hydrogen (secondary N) is 1. The fraction of sp³-hybridized carbons (Fsp3) is 0.200. The van der Waals surface area contributed by atoms with Crippen LogP contribution in [0, 0.1) is 0 Å². The van der Waals surface area contributed by atoms with E-state index in [4.69, 9.17) is 23.2 Å². The van der Waals surface area contributed by atoms with Crippen molar-refractivity contribution in [3.8, 4) is 5.75 Å². The molecule has 0 spiro atoms. The molecular weight excluding hydrogens is 345 g/mol. The summed E-state index contributed by atoms with van der Waals surface area (Å²) in [5.74, 6) is 0.0638. The molecule has 0 aliphatic heterocycles. The van der Waals surface area contributed by atoms with Gasteiger partial charge in [-0.05, 0) is 49.1 Å². The molecule has 6 heteroatoms. The van der Waals surface area contributed by atoms with E-state index in [1.54, 1.807) is 23.5 Å². The molecule has 0 radical (unpaired) electrons. The molecule has 2 N–H and O–H groups in total. The van der Waals surface area contributed by atoms with Crippen molar-refractivity contribution in [3.63, 3.8) is 0 Å². The first kappa shape index (κ1) is 16.6. The Bertz CT molecular complexity index is 668. The molecule has 0 aliphatic rings. The Morgan fingerprint density at radius 1 is 1.33 bits per heavy atom. The SMILES string of the molecule is CC/C=C(\C)c1sc(SNc2ccc(Cl)c(O)c2)cc1Cl. The Balaban J connectivity index is 2.08. The molecule has 21 heavy (non-hydrogen) atoms. The van der Waals surface area contributed by atoms with Gasteiger partial charge in [-0.15, -0.1) is 11.3 Å². The molecule has 1 aromatic heterocycles. The van der Waals surface area contributed by atoms with Crippen molar-refractivity contribution < 1.29 is 5.11 Å². The number of phenolic OH excluding ortho intramolecular Hbond substituents is 1. The van der Waals surface area contributed by atoms with E-state index >= 15 is 0 Å². The van der Waals surface area contributed by atoms with Gasteiger partial charge >= 0.3 is 0 Å². The molecule has 2 rings (SSSR count). The van der Waals surface area contributed by atoms with Crippen LogP contribution in [-0.2, 0) is 0 Å². The number of halogens is 2. The summed E-state index contributed by atoms with van der Waals surface area (Å²) >= 11 is 15.2. The highest BCUT2D eigenvalue weighted by Gasteiger charge is 2.09. The van der Waals surface area contributed by atoms with Crippen LogP contribution in [0.2, 0.25) is 10.0 Å². The Morgan fingerprint density at radius 2 is 2.10 bits per heavy atom. The van der Waals surface area contributed by atoms with Gasteiger partial charge in [-0.2, -0.15) is 0 Å². The smallest absolute Gasteiger partial charge is 0.136 e. The van der Waals surface area contributed by atoms with E-state index in [2.05, 4.69) is 24.6 Å². The predicted molar refractivity (Wildman–Crippen MR) is 95.9 cm³/mol. The summed E-state index contributed by atoms with van der Waals surface area (Å²) in [6.07, 6.45) is 3.15. The molecule has 0 atom stereocenters. The third kappa shape index (κ3) is 4.33. The number of hydrogen-bond acceptors (Lipinski definition) is 4. The monoisotopic (exact) mass is 359 g/mol. The second-order valence-electron chi connectivity index (χ2n) is 4.41. The maximum atomic E-state index is 9.57. The van der Waals surface area contributed by atoms with Crippen LogP contribution in [0.3, 0.4) is 0 Å². The molecule has 1 heterocycles. The summed E-state index contributed by atoms with van der Waals surface area (Å²) in [7, 11) is 0. The van der Waals surface area contributed by atoms with E-state index in [-0.39, 0.29) is 5.75 Å². The minimum atomic E-state index is 0.0638. The van der Waals surface area contributed by atoms with Crippen LogP contribution in [0.15, 0.2) is 34.6 Å². The number of thiophene rings is 1. The summed E-state index contributed by atoms with van der Waals surface area (Å²) in [5, 5.41) is 10.7. The van der Waals surface area contributed by atoms with Crippen molar-refractivity contribution in [1.29, 1.82) is 0 Å². The molecule has 0 amide bonds. The Hall–Kier alpha value is -0.810. The van der Waals surface area contributed by atoms with Crippen molar-refractivity contribution >= 4 is 57.7 Å². The molecule has 0 bridgehead atoms. The van der Waals surface area contributed by atoms with E-state index in [0.29, 0.717) is 5.02 Å². The summed E-state index contributed by atoms with van der Waals surface area (Å²) in [4.78, 5) is 1.10. The van der Waals surface area contributed by atoms with Crippen LogP contribution in [0.1, 0.15) is 25.1 Å². The lowest BCUT2D eigenvalue weighted by Gasteiger charge is -2.04. The van der Waals surface area contributed by atoms with Gasteiger partial charge in [-0.1, -0.05) is 36.2 Å². The van der Waals surface area contributed by atoms with Gasteiger partial charge in [-0.25, -0.2) is 0 Å². The zero-order valence-electron chi connectivity index (χ0n) is 11.6. The van der Waals surface area contributed by atoms with Gasteiger partial charge in [0.15, 0.2) is 0 Å². The zero-order chi connectivity index (χ0) is 15.4. The van der Waals surface area contributed by atoms with E-state index in [0.717, 1.165) is 26.2 Å². The molecule has 2 aromatic rings. The van der Waals surface area contributed by atoms with Crippen LogP contribution in [-0.4, -0.2) is 5.11 Å². The van der Waals surface area contributed by atoms with Gasteiger partial charge in [0.05, 0.1) is 14.3 Å². The molecule has 0 saturated heterocycles. The maximum absolute atomic E-state index is 9.57. The summed E-state index contributed by atoms with van der Waals surface area (Å²) < 4.78 is 4.23. The molecule has 0 aliphatic carbocycles. The lowest BCUT2D eigenvalue weighted by Crippen LogP contribution is -1.84. The molecule has 0 fully saturated rings. The number of anilines is 1. The molecule has 112 valence electrons. The largest absolute Gasteiger partial charge is 0.506 e. The second kappa shape index (κ2) is 7.45. The second-order valence-corrected chi connectivity index (χ2v) is 7.38. The van der Waals surface area contributed by atoms with Crippen molar-refractivity contribution in [3.05, 3.63) is 45.3 Å². The number of rotatable bonds is 5. The highest BCUT2D eigenvalue weighted by Crippen LogP contribution is 2.38. The minimum absolute atomic E-state index is 0.0638. The quantitative estimate of drug-likeness (QED) is 0.583. The van der Waals surface area contributed by atoms with Crippen LogP contribution in [0.25, 0.3) is 5.57 Å². The topological polar surface area (TPSA) is 32.3 Å². The average molecular weight is 360 g/mol. The van der Waals surface area contributed by atoms with Crippen molar-refractivity contribution in [2.24, 2.45) is 0 Å². The van der Waals surface area contributed by atoms with E-state index < -0.39 is 0 Å². The molecule has 2 nitrogen and oxygen atoms in total. The number of aromatic hydroxyl groups is 1. The molecule has 0 saturated carbocycles. The standard InChI is InChI=1S/C15H15Cl2NOS2/c1-3-4-9(2)15-12(17)8-14(20-15)21-18-10-5-6-11(16)13(19)7-10/h4-8,18-19H,3H2,1-2H3/b9-4+. The van der Waals surface area contributed by atoms with E-state index in [9.17, 15) is 5.11 Å². The lowest BCUT2D eigenvalue weighted by molar-refractivity contribution is 0.476.